The number of likely N-dealkylation sites (tertiary alicyclic amines) is 1. The zero-order valence-electron chi connectivity index (χ0n) is 10.7. The average molecular weight is 240 g/mol. The van der Waals surface area contributed by atoms with Gasteiger partial charge in [-0.2, -0.15) is 0 Å². The van der Waals surface area contributed by atoms with E-state index < -0.39 is 0 Å². The molecule has 1 atom stereocenters. The number of hydrogen-bond acceptors (Lipinski definition) is 2. The zero-order chi connectivity index (χ0) is 12.3. The fourth-order valence-electron chi connectivity index (χ4n) is 2.88. The van der Waals surface area contributed by atoms with E-state index in [1.165, 1.54) is 25.7 Å². The number of rotatable bonds is 5. The lowest BCUT2D eigenvalue weighted by Gasteiger charge is -2.25. The average Bonchev–Trinajstić information content (AvgIpc) is 2.93. The number of nitrogens with one attached hydrogen (secondary N) is 1. The van der Waals surface area contributed by atoms with E-state index in [0.717, 1.165) is 25.9 Å². The molecule has 98 valence electrons. The second kappa shape index (κ2) is 5.25. The first-order chi connectivity index (χ1) is 8.21. The van der Waals surface area contributed by atoms with Gasteiger partial charge >= 0.3 is 6.03 Å². The van der Waals surface area contributed by atoms with Crippen molar-refractivity contribution < 1.29 is 9.90 Å². The lowest BCUT2D eigenvalue weighted by Crippen LogP contribution is -2.45. The van der Waals surface area contributed by atoms with E-state index in [1.807, 2.05) is 0 Å². The third-order valence-corrected chi connectivity index (χ3v) is 4.20. The number of carbonyl (C=O) groups excluding carboxylic acids is 1. The van der Waals surface area contributed by atoms with E-state index >= 15 is 0 Å². The first-order valence-corrected chi connectivity index (χ1v) is 6.86. The Labute approximate surface area is 103 Å². The molecule has 4 nitrogen and oxygen atoms in total. The van der Waals surface area contributed by atoms with E-state index in [0.29, 0.717) is 5.41 Å². The highest BCUT2D eigenvalue weighted by molar-refractivity contribution is 5.75. The van der Waals surface area contributed by atoms with Crippen LogP contribution >= 0.6 is 0 Å². The summed E-state index contributed by atoms with van der Waals surface area (Å²) >= 11 is 0. The first kappa shape index (κ1) is 12.7. The SMILES string of the molecule is CCCC1(CNC(=O)N2CCCC2CO)CC1. The predicted octanol–water partition coefficient (Wildman–Crippen LogP) is 1.73. The van der Waals surface area contributed by atoms with Gasteiger partial charge in [0.2, 0.25) is 0 Å². The zero-order valence-corrected chi connectivity index (χ0v) is 10.7. The van der Waals surface area contributed by atoms with Gasteiger partial charge < -0.3 is 15.3 Å². The predicted molar refractivity (Wildman–Crippen MR) is 66.8 cm³/mol. The molecule has 1 aliphatic carbocycles. The van der Waals surface area contributed by atoms with Crippen LogP contribution < -0.4 is 5.32 Å². The number of aliphatic hydroxyl groups excluding tert-OH is 1. The van der Waals surface area contributed by atoms with Gasteiger partial charge in [0.25, 0.3) is 0 Å². The topological polar surface area (TPSA) is 52.6 Å². The van der Waals surface area contributed by atoms with Crippen molar-refractivity contribution in [1.82, 2.24) is 10.2 Å². The van der Waals surface area contributed by atoms with Gasteiger partial charge in [-0.3, -0.25) is 0 Å². The van der Waals surface area contributed by atoms with Crippen molar-refractivity contribution in [2.75, 3.05) is 19.7 Å². The molecule has 0 aromatic rings. The smallest absolute Gasteiger partial charge is 0.317 e. The number of amides is 2. The minimum Gasteiger partial charge on any atom is -0.394 e. The molecule has 0 aromatic heterocycles. The van der Waals surface area contributed by atoms with Gasteiger partial charge in [-0.25, -0.2) is 4.79 Å². The number of hydrogen-bond donors (Lipinski definition) is 2. The first-order valence-electron chi connectivity index (χ1n) is 6.86. The van der Waals surface area contributed by atoms with Crippen LogP contribution in [0, 0.1) is 5.41 Å². The van der Waals surface area contributed by atoms with Gasteiger partial charge in [-0.1, -0.05) is 13.3 Å². The highest BCUT2D eigenvalue weighted by atomic mass is 16.3. The molecule has 1 heterocycles. The number of urea groups is 1. The Kier molecular flexibility index (Phi) is 3.92. The van der Waals surface area contributed by atoms with Crippen molar-refractivity contribution in [2.24, 2.45) is 5.41 Å². The molecular formula is C13H24N2O2. The number of carbonyl (C=O) groups is 1. The van der Waals surface area contributed by atoms with Gasteiger partial charge in [0.05, 0.1) is 12.6 Å². The van der Waals surface area contributed by atoms with E-state index in [-0.39, 0.29) is 18.7 Å². The fraction of sp³-hybridized carbons (Fsp3) is 0.923. The van der Waals surface area contributed by atoms with Gasteiger partial charge in [0.15, 0.2) is 0 Å². The van der Waals surface area contributed by atoms with Crippen LogP contribution in [-0.4, -0.2) is 41.8 Å². The van der Waals surface area contributed by atoms with E-state index in [2.05, 4.69) is 12.2 Å². The number of aliphatic hydroxyl groups is 1. The van der Waals surface area contributed by atoms with Crippen molar-refractivity contribution >= 4 is 6.03 Å². The van der Waals surface area contributed by atoms with E-state index in [1.54, 1.807) is 4.90 Å². The molecule has 2 rings (SSSR count). The molecule has 4 heteroatoms. The van der Waals surface area contributed by atoms with Crippen molar-refractivity contribution in [2.45, 2.75) is 51.5 Å². The Morgan fingerprint density at radius 2 is 2.29 bits per heavy atom. The lowest BCUT2D eigenvalue weighted by molar-refractivity contribution is 0.155. The summed E-state index contributed by atoms with van der Waals surface area (Å²) in [6, 6.07) is 0.0558. The summed E-state index contributed by atoms with van der Waals surface area (Å²) in [5.74, 6) is 0. The highest BCUT2D eigenvalue weighted by Gasteiger charge is 2.42. The van der Waals surface area contributed by atoms with Crippen LogP contribution in [0.4, 0.5) is 4.79 Å². The molecular weight excluding hydrogens is 216 g/mol. The van der Waals surface area contributed by atoms with Gasteiger partial charge in [0.1, 0.15) is 0 Å². The maximum absolute atomic E-state index is 12.0. The van der Waals surface area contributed by atoms with Gasteiger partial charge in [-0.15, -0.1) is 0 Å². The largest absolute Gasteiger partial charge is 0.394 e. The minimum absolute atomic E-state index is 0.0175. The van der Waals surface area contributed by atoms with Crippen LogP contribution in [0.5, 0.6) is 0 Å². The quantitative estimate of drug-likeness (QED) is 0.769. The van der Waals surface area contributed by atoms with Crippen LogP contribution in [0.15, 0.2) is 0 Å². The van der Waals surface area contributed by atoms with Crippen molar-refractivity contribution in [3.8, 4) is 0 Å². The molecule has 1 unspecified atom stereocenters. The fourth-order valence-corrected chi connectivity index (χ4v) is 2.88. The molecule has 2 fully saturated rings. The molecule has 0 radical (unpaired) electrons. The maximum atomic E-state index is 12.0. The Morgan fingerprint density at radius 1 is 1.53 bits per heavy atom. The molecule has 0 aromatic carbocycles. The molecule has 2 amide bonds. The van der Waals surface area contributed by atoms with Crippen molar-refractivity contribution in [3.63, 3.8) is 0 Å². The summed E-state index contributed by atoms with van der Waals surface area (Å²) in [6.45, 7) is 3.89. The summed E-state index contributed by atoms with van der Waals surface area (Å²) in [7, 11) is 0. The molecule has 0 spiro atoms. The molecule has 1 saturated heterocycles. The monoisotopic (exact) mass is 240 g/mol. The Bertz CT molecular complexity index is 277. The van der Waals surface area contributed by atoms with Crippen molar-refractivity contribution in [1.29, 1.82) is 0 Å². The molecule has 0 bridgehead atoms. The number of nitrogens with zero attached hydrogens (tertiary/aromatic N) is 1. The van der Waals surface area contributed by atoms with Crippen LogP contribution in [0.1, 0.15) is 45.4 Å². The second-order valence-electron chi connectivity index (χ2n) is 5.58. The Morgan fingerprint density at radius 3 is 2.88 bits per heavy atom. The van der Waals surface area contributed by atoms with E-state index in [4.69, 9.17) is 0 Å². The Balaban J connectivity index is 1.77. The summed E-state index contributed by atoms with van der Waals surface area (Å²) in [5.41, 5.74) is 0.402. The summed E-state index contributed by atoms with van der Waals surface area (Å²) < 4.78 is 0. The highest BCUT2D eigenvalue weighted by Crippen LogP contribution is 2.48. The normalized spacial score (nSPS) is 26.0. The molecule has 2 aliphatic rings. The van der Waals surface area contributed by atoms with Crippen LogP contribution in [0.25, 0.3) is 0 Å². The van der Waals surface area contributed by atoms with Crippen LogP contribution in [-0.2, 0) is 0 Å². The standard InChI is InChI=1S/C13H24N2O2/c1-2-5-13(6-7-13)10-14-12(17)15-8-3-4-11(15)9-16/h11,16H,2-10H2,1H3,(H,14,17). The van der Waals surface area contributed by atoms with E-state index in [9.17, 15) is 9.90 Å². The summed E-state index contributed by atoms with van der Waals surface area (Å²) in [5, 5.41) is 12.2. The third-order valence-electron chi connectivity index (χ3n) is 4.20. The van der Waals surface area contributed by atoms with Gasteiger partial charge in [0, 0.05) is 13.1 Å². The van der Waals surface area contributed by atoms with Crippen molar-refractivity contribution in [3.05, 3.63) is 0 Å². The van der Waals surface area contributed by atoms with Crippen LogP contribution in [0.2, 0.25) is 0 Å². The minimum atomic E-state index is 0.0175. The summed E-state index contributed by atoms with van der Waals surface area (Å²) in [6.07, 6.45) is 6.87. The van der Waals surface area contributed by atoms with Crippen LogP contribution in [0.3, 0.4) is 0 Å². The second-order valence-corrected chi connectivity index (χ2v) is 5.58. The molecule has 1 aliphatic heterocycles. The molecule has 17 heavy (non-hydrogen) atoms. The lowest BCUT2D eigenvalue weighted by atomic mass is 10.0. The van der Waals surface area contributed by atoms with Gasteiger partial charge in [-0.05, 0) is 37.5 Å². The maximum Gasteiger partial charge on any atom is 0.317 e. The molecule has 2 N–H and O–H groups in total. The molecule has 1 saturated carbocycles. The third kappa shape index (κ3) is 2.92. The summed E-state index contributed by atoms with van der Waals surface area (Å²) in [4.78, 5) is 13.8. The Hall–Kier alpha value is -0.770.